The summed E-state index contributed by atoms with van der Waals surface area (Å²) in [5.74, 6) is -0.358. The number of likely N-dealkylation sites (N-methyl/N-ethyl adjacent to an activating group) is 1. The molecule has 27 heavy (non-hydrogen) atoms. The second kappa shape index (κ2) is 9.21. The first-order valence-electron chi connectivity index (χ1n) is 9.11. The van der Waals surface area contributed by atoms with E-state index < -0.39 is 17.6 Å². The van der Waals surface area contributed by atoms with E-state index in [0.29, 0.717) is 5.92 Å². The average Bonchev–Trinajstić information content (AvgIpc) is 2.56. The number of halogens is 3. The molecule has 0 spiro atoms. The molecular weight excluding hydrogens is 359 g/mol. The lowest BCUT2D eigenvalue weighted by Crippen LogP contribution is -2.46. The summed E-state index contributed by atoms with van der Waals surface area (Å²) in [6, 6.07) is 4.96. The predicted octanol–water partition coefficient (Wildman–Crippen LogP) is 3.27. The van der Waals surface area contributed by atoms with Gasteiger partial charge in [0, 0.05) is 6.04 Å². The lowest BCUT2D eigenvalue weighted by atomic mass is 9.86. The van der Waals surface area contributed by atoms with Crippen LogP contribution >= 0.6 is 0 Å². The fourth-order valence-corrected chi connectivity index (χ4v) is 3.36. The molecule has 2 unspecified atom stereocenters. The van der Waals surface area contributed by atoms with Crippen LogP contribution in [0.4, 0.5) is 18.9 Å². The summed E-state index contributed by atoms with van der Waals surface area (Å²) in [5.41, 5.74) is -1.19. The maximum absolute atomic E-state index is 13.0. The SMILES string of the molecule is CC1CCCCC1NC(=O)CN(C)CC(=O)Nc1ccccc1C(F)(F)F. The predicted molar refractivity (Wildman–Crippen MR) is 97.1 cm³/mol. The van der Waals surface area contributed by atoms with Crippen LogP contribution in [0.5, 0.6) is 0 Å². The Morgan fingerprint density at radius 1 is 1.11 bits per heavy atom. The van der Waals surface area contributed by atoms with Crippen LogP contribution in [0.1, 0.15) is 38.2 Å². The van der Waals surface area contributed by atoms with Crippen LogP contribution in [0.2, 0.25) is 0 Å². The number of hydrogen-bond acceptors (Lipinski definition) is 3. The Morgan fingerprint density at radius 3 is 2.41 bits per heavy atom. The molecule has 0 aliphatic heterocycles. The Balaban J connectivity index is 1.84. The Kier molecular flexibility index (Phi) is 7.24. The highest BCUT2D eigenvalue weighted by atomic mass is 19.4. The van der Waals surface area contributed by atoms with Gasteiger partial charge in [0.15, 0.2) is 0 Å². The first kappa shape index (κ1) is 21.2. The summed E-state index contributed by atoms with van der Waals surface area (Å²) < 4.78 is 38.9. The third-order valence-electron chi connectivity index (χ3n) is 4.79. The van der Waals surface area contributed by atoms with Crippen LogP contribution in [0.15, 0.2) is 24.3 Å². The minimum absolute atomic E-state index is 0.0115. The van der Waals surface area contributed by atoms with Gasteiger partial charge in [-0.05, 0) is 37.9 Å². The van der Waals surface area contributed by atoms with Gasteiger partial charge in [-0.2, -0.15) is 13.2 Å². The number of amides is 2. The number of nitrogens with zero attached hydrogens (tertiary/aromatic N) is 1. The number of alkyl halides is 3. The van der Waals surface area contributed by atoms with E-state index in [-0.39, 0.29) is 30.7 Å². The van der Waals surface area contributed by atoms with E-state index in [1.54, 1.807) is 7.05 Å². The van der Waals surface area contributed by atoms with E-state index in [1.165, 1.54) is 29.5 Å². The van der Waals surface area contributed by atoms with Crippen LogP contribution in [-0.4, -0.2) is 42.9 Å². The van der Waals surface area contributed by atoms with Gasteiger partial charge < -0.3 is 10.6 Å². The molecule has 1 aliphatic rings. The van der Waals surface area contributed by atoms with Crippen LogP contribution in [0, 0.1) is 5.92 Å². The second-order valence-electron chi connectivity index (χ2n) is 7.20. The number of nitrogens with one attached hydrogen (secondary N) is 2. The second-order valence-corrected chi connectivity index (χ2v) is 7.20. The minimum Gasteiger partial charge on any atom is -0.352 e. The summed E-state index contributed by atoms with van der Waals surface area (Å²) in [7, 11) is 1.58. The normalized spacial score (nSPS) is 20.4. The smallest absolute Gasteiger partial charge is 0.352 e. The molecular formula is C19H26F3N3O2. The van der Waals surface area contributed by atoms with E-state index >= 15 is 0 Å². The number of anilines is 1. The van der Waals surface area contributed by atoms with Crippen molar-refractivity contribution < 1.29 is 22.8 Å². The van der Waals surface area contributed by atoms with Crippen molar-refractivity contribution in [1.29, 1.82) is 0 Å². The van der Waals surface area contributed by atoms with Gasteiger partial charge in [-0.3, -0.25) is 14.5 Å². The number of carbonyl (C=O) groups excluding carboxylic acids is 2. The van der Waals surface area contributed by atoms with E-state index in [0.717, 1.165) is 25.3 Å². The van der Waals surface area contributed by atoms with Gasteiger partial charge in [0.25, 0.3) is 0 Å². The van der Waals surface area contributed by atoms with E-state index in [1.807, 2.05) is 0 Å². The topological polar surface area (TPSA) is 61.4 Å². The summed E-state index contributed by atoms with van der Waals surface area (Å²) in [4.78, 5) is 25.7. The molecule has 0 aromatic heterocycles. The van der Waals surface area contributed by atoms with Crippen molar-refractivity contribution in [3.8, 4) is 0 Å². The zero-order valence-electron chi connectivity index (χ0n) is 15.6. The molecule has 0 bridgehead atoms. The van der Waals surface area contributed by atoms with Crippen molar-refractivity contribution >= 4 is 17.5 Å². The third-order valence-corrected chi connectivity index (χ3v) is 4.79. The first-order chi connectivity index (χ1) is 12.7. The highest BCUT2D eigenvalue weighted by Crippen LogP contribution is 2.34. The molecule has 1 saturated carbocycles. The Labute approximate surface area is 157 Å². The van der Waals surface area contributed by atoms with Crippen molar-refractivity contribution in [2.45, 2.75) is 44.8 Å². The van der Waals surface area contributed by atoms with E-state index in [9.17, 15) is 22.8 Å². The summed E-state index contributed by atoms with van der Waals surface area (Å²) in [5, 5.41) is 5.27. The van der Waals surface area contributed by atoms with Gasteiger partial charge >= 0.3 is 6.18 Å². The molecule has 2 rings (SSSR count). The fourth-order valence-electron chi connectivity index (χ4n) is 3.36. The van der Waals surface area contributed by atoms with Crippen molar-refractivity contribution in [3.05, 3.63) is 29.8 Å². The molecule has 0 heterocycles. The number of hydrogen-bond donors (Lipinski definition) is 2. The lowest BCUT2D eigenvalue weighted by molar-refractivity contribution is -0.137. The van der Waals surface area contributed by atoms with Crippen molar-refractivity contribution in [2.75, 3.05) is 25.5 Å². The summed E-state index contributed by atoms with van der Waals surface area (Å²) in [6.07, 6.45) is -0.251. The molecule has 8 heteroatoms. The fraction of sp³-hybridized carbons (Fsp3) is 0.579. The molecule has 2 atom stereocenters. The molecule has 0 saturated heterocycles. The van der Waals surface area contributed by atoms with Gasteiger partial charge in [-0.15, -0.1) is 0 Å². The van der Waals surface area contributed by atoms with Crippen LogP contribution in [-0.2, 0) is 15.8 Å². The maximum atomic E-state index is 13.0. The molecule has 150 valence electrons. The molecule has 2 N–H and O–H groups in total. The average molecular weight is 385 g/mol. The first-order valence-corrected chi connectivity index (χ1v) is 9.11. The van der Waals surface area contributed by atoms with Gasteiger partial charge in [0.05, 0.1) is 24.3 Å². The largest absolute Gasteiger partial charge is 0.418 e. The summed E-state index contributed by atoms with van der Waals surface area (Å²) >= 11 is 0. The van der Waals surface area contributed by atoms with Crippen LogP contribution in [0.25, 0.3) is 0 Å². The zero-order chi connectivity index (χ0) is 20.0. The lowest BCUT2D eigenvalue weighted by Gasteiger charge is -2.30. The molecule has 1 aliphatic carbocycles. The molecule has 0 radical (unpaired) electrons. The standard InChI is InChI=1S/C19H26F3N3O2/c1-13-7-3-5-9-15(13)23-17(26)11-25(2)12-18(27)24-16-10-6-4-8-14(16)19(20,21)22/h4,6,8,10,13,15H,3,5,7,9,11-12H2,1-2H3,(H,23,26)(H,24,27). The number of para-hydroxylation sites is 1. The zero-order valence-corrected chi connectivity index (χ0v) is 15.6. The quantitative estimate of drug-likeness (QED) is 0.790. The molecule has 1 aromatic carbocycles. The molecule has 1 aromatic rings. The minimum atomic E-state index is -4.55. The number of carbonyl (C=O) groups is 2. The van der Waals surface area contributed by atoms with Crippen LogP contribution in [0.3, 0.4) is 0 Å². The van der Waals surface area contributed by atoms with Gasteiger partial charge in [-0.25, -0.2) is 0 Å². The monoisotopic (exact) mass is 385 g/mol. The third kappa shape index (κ3) is 6.53. The highest BCUT2D eigenvalue weighted by Gasteiger charge is 2.33. The van der Waals surface area contributed by atoms with Gasteiger partial charge in [-0.1, -0.05) is 31.9 Å². The van der Waals surface area contributed by atoms with Crippen molar-refractivity contribution in [3.63, 3.8) is 0 Å². The maximum Gasteiger partial charge on any atom is 0.418 e. The van der Waals surface area contributed by atoms with Crippen molar-refractivity contribution in [1.82, 2.24) is 10.2 Å². The summed E-state index contributed by atoms with van der Waals surface area (Å²) in [6.45, 7) is 1.94. The van der Waals surface area contributed by atoms with E-state index in [2.05, 4.69) is 17.6 Å². The molecule has 1 fully saturated rings. The van der Waals surface area contributed by atoms with Crippen molar-refractivity contribution in [2.24, 2.45) is 5.92 Å². The van der Waals surface area contributed by atoms with Gasteiger partial charge in [0.2, 0.25) is 11.8 Å². The van der Waals surface area contributed by atoms with E-state index in [4.69, 9.17) is 0 Å². The van der Waals surface area contributed by atoms with Gasteiger partial charge in [0.1, 0.15) is 0 Å². The molecule has 2 amide bonds. The Hall–Kier alpha value is -2.09. The van der Waals surface area contributed by atoms with Crippen LogP contribution < -0.4 is 10.6 Å². The number of benzene rings is 1. The molecule has 5 nitrogen and oxygen atoms in total. The Bertz CT molecular complexity index is 664. The highest BCUT2D eigenvalue weighted by molar-refractivity contribution is 5.93. The number of rotatable bonds is 6. The Morgan fingerprint density at radius 2 is 1.74 bits per heavy atom.